The largest absolute Gasteiger partial charge is 0.204 e. The van der Waals surface area contributed by atoms with E-state index in [4.69, 9.17) is 11.6 Å². The number of alkyl halides is 1. The number of halogens is 3. The molecule has 0 saturated heterocycles. The van der Waals surface area contributed by atoms with Crippen LogP contribution in [-0.2, 0) is 6.42 Å². The first-order chi connectivity index (χ1) is 8.64. The Labute approximate surface area is 111 Å². The van der Waals surface area contributed by atoms with Gasteiger partial charge in [-0.25, -0.2) is 8.78 Å². The summed E-state index contributed by atoms with van der Waals surface area (Å²) in [4.78, 5) is 0. The summed E-state index contributed by atoms with van der Waals surface area (Å²) in [5.74, 6) is 0.475. The summed E-state index contributed by atoms with van der Waals surface area (Å²) < 4.78 is 27.0. The standard InChI is InChI=1S/C15H17ClF2/c16-9-15(7-10-4-5-12(15)6-10)8-11-2-1-3-13(17)14(11)18/h1-3,10,12H,4-9H2. The fourth-order valence-corrected chi connectivity index (χ4v) is 4.47. The van der Waals surface area contributed by atoms with Crippen LogP contribution in [0.2, 0.25) is 0 Å². The Bertz CT molecular complexity index is 460. The number of rotatable bonds is 3. The van der Waals surface area contributed by atoms with Crippen LogP contribution in [0.5, 0.6) is 0 Å². The van der Waals surface area contributed by atoms with Gasteiger partial charge in [0.25, 0.3) is 0 Å². The van der Waals surface area contributed by atoms with Crippen molar-refractivity contribution in [2.75, 3.05) is 5.88 Å². The van der Waals surface area contributed by atoms with Crippen LogP contribution < -0.4 is 0 Å². The zero-order valence-electron chi connectivity index (χ0n) is 10.3. The van der Waals surface area contributed by atoms with Crippen molar-refractivity contribution in [3.8, 4) is 0 Å². The van der Waals surface area contributed by atoms with Gasteiger partial charge >= 0.3 is 0 Å². The fraction of sp³-hybridized carbons (Fsp3) is 0.600. The maximum Gasteiger partial charge on any atom is 0.162 e. The van der Waals surface area contributed by atoms with Gasteiger partial charge in [-0.1, -0.05) is 18.6 Å². The molecule has 2 saturated carbocycles. The van der Waals surface area contributed by atoms with E-state index < -0.39 is 11.6 Å². The van der Waals surface area contributed by atoms with Crippen molar-refractivity contribution in [3.05, 3.63) is 35.4 Å². The summed E-state index contributed by atoms with van der Waals surface area (Å²) in [6.07, 6.45) is 5.38. The fourth-order valence-electron chi connectivity index (χ4n) is 4.05. The molecule has 18 heavy (non-hydrogen) atoms. The van der Waals surface area contributed by atoms with E-state index in [2.05, 4.69) is 0 Å². The third kappa shape index (κ3) is 1.85. The Morgan fingerprint density at radius 2 is 2.11 bits per heavy atom. The topological polar surface area (TPSA) is 0 Å². The Balaban J connectivity index is 1.88. The molecule has 3 rings (SSSR count). The average molecular weight is 271 g/mol. The smallest absolute Gasteiger partial charge is 0.162 e. The number of hydrogen-bond donors (Lipinski definition) is 0. The lowest BCUT2D eigenvalue weighted by Gasteiger charge is -2.36. The molecule has 3 unspecified atom stereocenters. The molecule has 2 aliphatic rings. The van der Waals surface area contributed by atoms with Crippen LogP contribution in [0.15, 0.2) is 18.2 Å². The number of hydrogen-bond acceptors (Lipinski definition) is 0. The molecule has 2 aliphatic carbocycles. The summed E-state index contributed by atoms with van der Waals surface area (Å²) in [5.41, 5.74) is 0.488. The summed E-state index contributed by atoms with van der Waals surface area (Å²) in [6.45, 7) is 0. The molecule has 0 heterocycles. The molecular weight excluding hydrogens is 254 g/mol. The van der Waals surface area contributed by atoms with Crippen LogP contribution in [-0.4, -0.2) is 5.88 Å². The van der Waals surface area contributed by atoms with Crippen molar-refractivity contribution in [2.24, 2.45) is 17.3 Å². The highest BCUT2D eigenvalue weighted by Crippen LogP contribution is 2.57. The van der Waals surface area contributed by atoms with E-state index in [1.54, 1.807) is 12.1 Å². The molecule has 0 nitrogen and oxygen atoms in total. The van der Waals surface area contributed by atoms with Crippen molar-refractivity contribution < 1.29 is 8.78 Å². The minimum atomic E-state index is -0.750. The van der Waals surface area contributed by atoms with Crippen molar-refractivity contribution in [1.82, 2.24) is 0 Å². The lowest BCUT2D eigenvalue weighted by Crippen LogP contribution is -2.32. The van der Waals surface area contributed by atoms with Crippen molar-refractivity contribution in [2.45, 2.75) is 32.1 Å². The second kappa shape index (κ2) is 4.48. The van der Waals surface area contributed by atoms with Crippen LogP contribution in [0.1, 0.15) is 31.2 Å². The van der Waals surface area contributed by atoms with Crippen molar-refractivity contribution >= 4 is 11.6 Å². The minimum absolute atomic E-state index is 0.000887. The van der Waals surface area contributed by atoms with Gasteiger partial charge in [0.2, 0.25) is 0 Å². The first-order valence-corrected chi connectivity index (χ1v) is 7.17. The average Bonchev–Trinajstić information content (AvgIpc) is 2.96. The molecule has 0 aliphatic heterocycles. The van der Waals surface area contributed by atoms with Gasteiger partial charge in [-0.05, 0) is 54.6 Å². The first kappa shape index (κ1) is 12.4. The minimum Gasteiger partial charge on any atom is -0.204 e. The Hall–Kier alpha value is -0.630. The quantitative estimate of drug-likeness (QED) is 0.707. The van der Waals surface area contributed by atoms with Gasteiger partial charge in [-0.2, -0.15) is 0 Å². The zero-order valence-corrected chi connectivity index (χ0v) is 11.0. The molecule has 0 N–H and O–H groups in total. The van der Waals surface area contributed by atoms with Gasteiger partial charge < -0.3 is 0 Å². The number of benzene rings is 1. The molecular formula is C15H17ClF2. The van der Waals surface area contributed by atoms with E-state index in [1.807, 2.05) is 0 Å². The van der Waals surface area contributed by atoms with Crippen LogP contribution in [0.3, 0.4) is 0 Å². The molecule has 2 bridgehead atoms. The van der Waals surface area contributed by atoms with Crippen LogP contribution >= 0.6 is 11.6 Å². The molecule has 2 fully saturated rings. The molecule has 0 amide bonds. The second-order valence-corrected chi connectivity index (χ2v) is 6.23. The van der Waals surface area contributed by atoms with Gasteiger partial charge in [0.15, 0.2) is 11.6 Å². The molecule has 0 radical (unpaired) electrons. The molecule has 3 heteroatoms. The molecule has 0 spiro atoms. The second-order valence-electron chi connectivity index (χ2n) is 5.97. The maximum absolute atomic E-state index is 13.8. The summed E-state index contributed by atoms with van der Waals surface area (Å²) in [7, 11) is 0. The van der Waals surface area contributed by atoms with E-state index >= 15 is 0 Å². The van der Waals surface area contributed by atoms with Crippen LogP contribution in [0, 0.1) is 28.9 Å². The maximum atomic E-state index is 13.8. The third-order valence-corrected chi connectivity index (χ3v) is 5.47. The summed E-state index contributed by atoms with van der Waals surface area (Å²) in [5, 5.41) is 0. The molecule has 1 aromatic carbocycles. The van der Waals surface area contributed by atoms with E-state index in [9.17, 15) is 8.78 Å². The highest BCUT2D eigenvalue weighted by Gasteiger charge is 2.50. The molecule has 3 atom stereocenters. The molecule has 1 aromatic rings. The van der Waals surface area contributed by atoms with Crippen LogP contribution in [0.25, 0.3) is 0 Å². The van der Waals surface area contributed by atoms with Gasteiger partial charge in [0.05, 0.1) is 0 Å². The monoisotopic (exact) mass is 270 g/mol. The van der Waals surface area contributed by atoms with E-state index in [0.717, 1.165) is 12.3 Å². The first-order valence-electron chi connectivity index (χ1n) is 6.63. The SMILES string of the molecule is Fc1cccc(CC2(CCl)CC3CCC2C3)c1F. The Morgan fingerprint density at radius 1 is 1.28 bits per heavy atom. The summed E-state index contributed by atoms with van der Waals surface area (Å²) in [6, 6.07) is 4.45. The van der Waals surface area contributed by atoms with Gasteiger partial charge in [0, 0.05) is 5.88 Å². The number of fused-ring (bicyclic) bond motifs is 2. The summed E-state index contributed by atoms with van der Waals surface area (Å²) >= 11 is 6.18. The molecule has 0 aromatic heterocycles. The Kier molecular flexibility index (Phi) is 3.09. The normalized spacial score (nSPS) is 34.2. The highest BCUT2D eigenvalue weighted by molar-refractivity contribution is 6.18. The van der Waals surface area contributed by atoms with Gasteiger partial charge in [0.1, 0.15) is 0 Å². The lowest BCUT2D eigenvalue weighted by molar-refractivity contribution is 0.190. The lowest BCUT2D eigenvalue weighted by atomic mass is 9.71. The zero-order chi connectivity index (χ0) is 12.8. The van der Waals surface area contributed by atoms with Gasteiger partial charge in [-0.15, -0.1) is 11.6 Å². The van der Waals surface area contributed by atoms with Crippen molar-refractivity contribution in [3.63, 3.8) is 0 Å². The highest BCUT2D eigenvalue weighted by atomic mass is 35.5. The molecule has 98 valence electrons. The predicted octanol–water partition coefficient (Wildman–Crippen LogP) is 4.55. The van der Waals surface area contributed by atoms with E-state index in [-0.39, 0.29) is 5.41 Å². The van der Waals surface area contributed by atoms with Crippen LogP contribution in [0.4, 0.5) is 8.78 Å². The van der Waals surface area contributed by atoms with E-state index in [1.165, 1.54) is 25.3 Å². The third-order valence-electron chi connectivity index (χ3n) is 4.94. The van der Waals surface area contributed by atoms with Crippen molar-refractivity contribution in [1.29, 1.82) is 0 Å². The van der Waals surface area contributed by atoms with E-state index in [0.29, 0.717) is 23.8 Å². The predicted molar refractivity (Wildman–Crippen MR) is 68.7 cm³/mol. The Morgan fingerprint density at radius 3 is 2.72 bits per heavy atom. The van der Waals surface area contributed by atoms with Gasteiger partial charge in [-0.3, -0.25) is 0 Å².